The number of hydrogen-bond donors (Lipinski definition) is 3. The highest BCUT2D eigenvalue weighted by Gasteiger charge is 2.44. The maximum atomic E-state index is 11.6. The summed E-state index contributed by atoms with van der Waals surface area (Å²) in [6, 6.07) is 2.66. The predicted molar refractivity (Wildman–Crippen MR) is 64.5 cm³/mol. The van der Waals surface area contributed by atoms with E-state index in [4.69, 9.17) is 16.3 Å². The van der Waals surface area contributed by atoms with Crippen LogP contribution in [-0.4, -0.2) is 28.7 Å². The highest BCUT2D eigenvalue weighted by molar-refractivity contribution is 6.31. The average molecular weight is 272 g/mol. The number of aromatic nitrogens is 1. The summed E-state index contributed by atoms with van der Waals surface area (Å²) in [5.41, 5.74) is 4.13. The molecule has 0 aromatic carbocycles. The third-order valence-corrected chi connectivity index (χ3v) is 2.98. The van der Waals surface area contributed by atoms with Gasteiger partial charge in [0.1, 0.15) is 11.7 Å². The number of nitrogens with zero attached hydrogens (tertiary/aromatic N) is 1. The molecule has 2 unspecified atom stereocenters. The Kier molecular flexibility index (Phi) is 3.82. The van der Waals surface area contributed by atoms with Gasteiger partial charge in [-0.2, -0.15) is 0 Å². The molecule has 0 radical (unpaired) electrons. The van der Waals surface area contributed by atoms with Crippen LogP contribution in [0.25, 0.3) is 0 Å². The molecule has 2 heterocycles. The van der Waals surface area contributed by atoms with Gasteiger partial charge in [0, 0.05) is 12.6 Å². The van der Waals surface area contributed by atoms with Crippen LogP contribution in [0.3, 0.4) is 0 Å². The molecular formula is C11H14ClN3O3. The van der Waals surface area contributed by atoms with Crippen LogP contribution in [-0.2, 0) is 15.3 Å². The second-order valence-corrected chi connectivity index (χ2v) is 4.38. The zero-order valence-corrected chi connectivity index (χ0v) is 10.6. The van der Waals surface area contributed by atoms with Crippen LogP contribution in [0.15, 0.2) is 18.3 Å². The van der Waals surface area contributed by atoms with Crippen molar-refractivity contribution in [2.75, 3.05) is 6.61 Å². The van der Waals surface area contributed by atoms with E-state index < -0.39 is 17.7 Å². The SMILES string of the molecule is CCOC(=O)C1CC(O)(c2ncccc2Cl)NN1. The molecule has 18 heavy (non-hydrogen) atoms. The minimum absolute atomic E-state index is 0.0998. The number of nitrogens with one attached hydrogen (secondary N) is 2. The molecule has 6 nitrogen and oxygen atoms in total. The van der Waals surface area contributed by atoms with Gasteiger partial charge in [-0.25, -0.2) is 10.9 Å². The van der Waals surface area contributed by atoms with Gasteiger partial charge in [0.2, 0.25) is 0 Å². The topological polar surface area (TPSA) is 83.5 Å². The van der Waals surface area contributed by atoms with Gasteiger partial charge >= 0.3 is 5.97 Å². The monoisotopic (exact) mass is 271 g/mol. The summed E-state index contributed by atoms with van der Waals surface area (Å²) in [6.45, 7) is 2.02. The van der Waals surface area contributed by atoms with Gasteiger partial charge in [-0.15, -0.1) is 0 Å². The van der Waals surface area contributed by atoms with E-state index in [2.05, 4.69) is 15.8 Å². The zero-order chi connectivity index (χ0) is 13.2. The summed E-state index contributed by atoms with van der Waals surface area (Å²) in [5, 5.41) is 10.7. The van der Waals surface area contributed by atoms with Gasteiger partial charge in [-0.3, -0.25) is 9.78 Å². The number of carbonyl (C=O) groups is 1. The van der Waals surface area contributed by atoms with Crippen molar-refractivity contribution in [3.05, 3.63) is 29.0 Å². The lowest BCUT2D eigenvalue weighted by atomic mass is 10.0. The number of aliphatic hydroxyl groups is 1. The van der Waals surface area contributed by atoms with E-state index in [0.717, 1.165) is 0 Å². The molecule has 1 saturated heterocycles. The van der Waals surface area contributed by atoms with Crippen LogP contribution in [0.5, 0.6) is 0 Å². The number of carbonyl (C=O) groups excluding carboxylic acids is 1. The van der Waals surface area contributed by atoms with Crippen molar-refractivity contribution < 1.29 is 14.6 Å². The summed E-state index contributed by atoms with van der Waals surface area (Å²) < 4.78 is 4.88. The number of ether oxygens (including phenoxy) is 1. The van der Waals surface area contributed by atoms with E-state index >= 15 is 0 Å². The van der Waals surface area contributed by atoms with Crippen molar-refractivity contribution >= 4 is 17.6 Å². The zero-order valence-electron chi connectivity index (χ0n) is 9.81. The van der Waals surface area contributed by atoms with Crippen LogP contribution in [0, 0.1) is 0 Å². The first kappa shape index (κ1) is 13.2. The first-order valence-electron chi connectivity index (χ1n) is 5.59. The molecule has 0 spiro atoms. The number of hydrogen-bond acceptors (Lipinski definition) is 6. The van der Waals surface area contributed by atoms with Gasteiger partial charge in [0.25, 0.3) is 0 Å². The Morgan fingerprint density at radius 2 is 2.56 bits per heavy atom. The Hall–Kier alpha value is -1.21. The van der Waals surface area contributed by atoms with Crippen LogP contribution in [0.2, 0.25) is 5.02 Å². The Labute approximate surface area is 109 Å². The van der Waals surface area contributed by atoms with Gasteiger partial charge in [0.15, 0.2) is 5.72 Å². The summed E-state index contributed by atoms with van der Waals surface area (Å²) in [4.78, 5) is 15.6. The fourth-order valence-electron chi connectivity index (χ4n) is 1.83. The van der Waals surface area contributed by atoms with Gasteiger partial charge < -0.3 is 9.84 Å². The smallest absolute Gasteiger partial charge is 0.324 e. The molecule has 0 aliphatic carbocycles. The van der Waals surface area contributed by atoms with E-state index in [-0.39, 0.29) is 12.1 Å². The predicted octanol–water partition coefficient (Wildman–Crippen LogP) is 0.310. The van der Waals surface area contributed by atoms with Crippen molar-refractivity contribution in [1.29, 1.82) is 0 Å². The molecule has 1 aromatic heterocycles. The lowest BCUT2D eigenvalue weighted by molar-refractivity contribution is -0.145. The van der Waals surface area contributed by atoms with Crippen LogP contribution < -0.4 is 10.9 Å². The molecular weight excluding hydrogens is 258 g/mol. The van der Waals surface area contributed by atoms with E-state index in [1.165, 1.54) is 6.20 Å². The molecule has 2 rings (SSSR count). The summed E-state index contributed by atoms with van der Waals surface area (Å²) in [5.74, 6) is -0.423. The number of pyridine rings is 1. The van der Waals surface area contributed by atoms with Gasteiger partial charge in [-0.05, 0) is 19.1 Å². The van der Waals surface area contributed by atoms with Crippen molar-refractivity contribution in [3.63, 3.8) is 0 Å². The lowest BCUT2D eigenvalue weighted by Crippen LogP contribution is -2.43. The number of halogens is 1. The second kappa shape index (κ2) is 5.19. The van der Waals surface area contributed by atoms with Gasteiger partial charge in [-0.1, -0.05) is 11.6 Å². The minimum Gasteiger partial charge on any atom is -0.465 e. The van der Waals surface area contributed by atoms with Crippen LogP contribution >= 0.6 is 11.6 Å². The largest absolute Gasteiger partial charge is 0.465 e. The van der Waals surface area contributed by atoms with Crippen molar-refractivity contribution in [3.8, 4) is 0 Å². The van der Waals surface area contributed by atoms with E-state index in [1.54, 1.807) is 19.1 Å². The number of rotatable bonds is 3. The minimum atomic E-state index is -1.48. The highest BCUT2D eigenvalue weighted by atomic mass is 35.5. The van der Waals surface area contributed by atoms with E-state index in [9.17, 15) is 9.90 Å². The molecule has 1 aliphatic rings. The molecule has 7 heteroatoms. The standard InChI is InChI=1S/C11H14ClN3O3/c1-2-18-10(16)8-6-11(17,15-14-8)9-7(12)4-3-5-13-9/h3-5,8,14-15,17H,2,6H2,1H3. The van der Waals surface area contributed by atoms with Crippen molar-refractivity contribution in [2.24, 2.45) is 0 Å². The normalized spacial score (nSPS) is 27.2. The Bertz CT molecular complexity index is 457. The number of hydrazine groups is 1. The molecule has 1 fully saturated rings. The molecule has 98 valence electrons. The molecule has 0 saturated carbocycles. The lowest BCUT2D eigenvalue weighted by Gasteiger charge is -2.21. The highest BCUT2D eigenvalue weighted by Crippen LogP contribution is 2.30. The molecule has 2 atom stereocenters. The second-order valence-electron chi connectivity index (χ2n) is 3.97. The third kappa shape index (κ3) is 2.46. The van der Waals surface area contributed by atoms with E-state index in [1.807, 2.05) is 0 Å². The van der Waals surface area contributed by atoms with Crippen molar-refractivity contribution in [2.45, 2.75) is 25.1 Å². The van der Waals surface area contributed by atoms with E-state index in [0.29, 0.717) is 11.6 Å². The maximum Gasteiger partial charge on any atom is 0.324 e. The third-order valence-electron chi connectivity index (χ3n) is 2.67. The first-order chi connectivity index (χ1) is 8.57. The van der Waals surface area contributed by atoms with Crippen molar-refractivity contribution in [1.82, 2.24) is 15.8 Å². The van der Waals surface area contributed by atoms with Gasteiger partial charge in [0.05, 0.1) is 11.6 Å². The Balaban J connectivity index is 2.16. The van der Waals surface area contributed by atoms with Crippen LogP contribution in [0.4, 0.5) is 0 Å². The average Bonchev–Trinajstić information content (AvgIpc) is 2.74. The molecule has 0 bridgehead atoms. The summed E-state index contributed by atoms with van der Waals surface area (Å²) in [6.07, 6.45) is 1.63. The summed E-state index contributed by atoms with van der Waals surface area (Å²) in [7, 11) is 0. The number of esters is 1. The summed E-state index contributed by atoms with van der Waals surface area (Å²) >= 11 is 5.98. The fourth-order valence-corrected chi connectivity index (χ4v) is 2.11. The van der Waals surface area contributed by atoms with Crippen LogP contribution in [0.1, 0.15) is 19.0 Å². The fraction of sp³-hybridized carbons (Fsp3) is 0.455. The maximum absolute atomic E-state index is 11.6. The Morgan fingerprint density at radius 3 is 3.22 bits per heavy atom. The molecule has 3 N–H and O–H groups in total. The molecule has 0 amide bonds. The Morgan fingerprint density at radius 1 is 1.78 bits per heavy atom. The first-order valence-corrected chi connectivity index (χ1v) is 5.97. The quantitative estimate of drug-likeness (QED) is 0.687. The molecule has 1 aliphatic heterocycles. The molecule has 1 aromatic rings.